The second kappa shape index (κ2) is 6.89. The predicted octanol–water partition coefficient (Wildman–Crippen LogP) is 2.30. The number of rotatable bonds is 8. The molecule has 106 valence electrons. The van der Waals surface area contributed by atoms with E-state index in [1.807, 2.05) is 0 Å². The van der Waals surface area contributed by atoms with Crippen molar-refractivity contribution in [3.8, 4) is 0 Å². The highest BCUT2D eigenvalue weighted by Crippen LogP contribution is 2.26. The minimum atomic E-state index is 0.283. The molecule has 0 bridgehead atoms. The Labute approximate surface area is 115 Å². The van der Waals surface area contributed by atoms with Crippen molar-refractivity contribution in [3.05, 3.63) is 29.8 Å². The maximum Gasteiger partial charge on any atom is 0.0718 e. The zero-order chi connectivity index (χ0) is 13.6. The minimum Gasteiger partial charge on any atom is -0.384 e. The zero-order valence-electron chi connectivity index (χ0n) is 11.8. The van der Waals surface area contributed by atoms with E-state index in [4.69, 9.17) is 14.2 Å². The molecular weight excluding hydrogens is 242 g/mol. The van der Waals surface area contributed by atoms with Crippen molar-refractivity contribution >= 4 is 5.69 Å². The quantitative estimate of drug-likeness (QED) is 0.732. The molecule has 0 aromatic heterocycles. The molecule has 0 radical (unpaired) electrons. The number of hydrogen-bond acceptors (Lipinski definition) is 4. The average Bonchev–Trinajstić information content (AvgIpc) is 2.40. The summed E-state index contributed by atoms with van der Waals surface area (Å²) < 4.78 is 15.7. The van der Waals surface area contributed by atoms with Gasteiger partial charge in [0.05, 0.1) is 33.0 Å². The number of ether oxygens (including phenoxy) is 3. The minimum absolute atomic E-state index is 0.283. The lowest BCUT2D eigenvalue weighted by atomic mass is 9.88. The molecule has 1 aromatic carbocycles. The van der Waals surface area contributed by atoms with Gasteiger partial charge in [0.15, 0.2) is 0 Å². The lowest BCUT2D eigenvalue weighted by molar-refractivity contribution is -0.0924. The van der Waals surface area contributed by atoms with Crippen LogP contribution in [0.25, 0.3) is 0 Å². The molecule has 0 amide bonds. The lowest BCUT2D eigenvalue weighted by Gasteiger charge is -2.38. The van der Waals surface area contributed by atoms with E-state index in [2.05, 4.69) is 36.5 Å². The Morgan fingerprint density at radius 1 is 1.32 bits per heavy atom. The summed E-state index contributed by atoms with van der Waals surface area (Å²) in [5, 5.41) is 3.47. The molecule has 4 nitrogen and oxygen atoms in total. The lowest BCUT2D eigenvalue weighted by Crippen LogP contribution is -2.45. The number of benzene rings is 1. The number of nitrogens with one attached hydrogen (secondary N) is 1. The summed E-state index contributed by atoms with van der Waals surface area (Å²) in [6.45, 7) is 6.76. The van der Waals surface area contributed by atoms with E-state index in [1.165, 1.54) is 5.56 Å². The summed E-state index contributed by atoms with van der Waals surface area (Å²) in [5.74, 6) is 0. The summed E-state index contributed by atoms with van der Waals surface area (Å²) in [6, 6.07) is 8.35. The zero-order valence-corrected chi connectivity index (χ0v) is 11.8. The maximum atomic E-state index is 5.52. The molecular formula is C15H23NO3. The molecule has 1 N–H and O–H groups in total. The Bertz CT molecular complexity index is 391. The van der Waals surface area contributed by atoms with Crippen LogP contribution in [0, 0.1) is 5.41 Å². The largest absolute Gasteiger partial charge is 0.384 e. The van der Waals surface area contributed by atoms with E-state index in [0.717, 1.165) is 25.4 Å². The maximum absolute atomic E-state index is 5.52. The molecule has 0 unspecified atom stereocenters. The van der Waals surface area contributed by atoms with Crippen molar-refractivity contribution in [2.75, 3.05) is 45.4 Å². The molecule has 0 atom stereocenters. The van der Waals surface area contributed by atoms with Gasteiger partial charge in [0.25, 0.3) is 0 Å². The van der Waals surface area contributed by atoms with Crippen LogP contribution >= 0.6 is 0 Å². The second-order valence-electron chi connectivity index (χ2n) is 5.40. The van der Waals surface area contributed by atoms with Crippen molar-refractivity contribution < 1.29 is 14.2 Å². The summed E-state index contributed by atoms with van der Waals surface area (Å²) >= 11 is 0. The predicted molar refractivity (Wildman–Crippen MR) is 75.4 cm³/mol. The first kappa shape index (κ1) is 14.3. The Kier molecular flexibility index (Phi) is 5.19. The molecule has 1 aromatic rings. The molecule has 19 heavy (non-hydrogen) atoms. The first-order valence-corrected chi connectivity index (χ1v) is 6.69. The van der Waals surface area contributed by atoms with E-state index in [-0.39, 0.29) is 5.41 Å². The van der Waals surface area contributed by atoms with E-state index in [1.54, 1.807) is 7.11 Å². The van der Waals surface area contributed by atoms with Crippen molar-refractivity contribution in [1.82, 2.24) is 0 Å². The highest BCUT2D eigenvalue weighted by atomic mass is 16.5. The van der Waals surface area contributed by atoms with Gasteiger partial charge in [-0.2, -0.15) is 0 Å². The van der Waals surface area contributed by atoms with Crippen molar-refractivity contribution in [2.24, 2.45) is 5.41 Å². The van der Waals surface area contributed by atoms with Gasteiger partial charge in [0.1, 0.15) is 0 Å². The van der Waals surface area contributed by atoms with Crippen LogP contribution in [-0.4, -0.2) is 40.1 Å². The van der Waals surface area contributed by atoms with Crippen LogP contribution in [0.5, 0.6) is 0 Å². The first-order valence-electron chi connectivity index (χ1n) is 6.69. The van der Waals surface area contributed by atoms with E-state index >= 15 is 0 Å². The fourth-order valence-corrected chi connectivity index (χ4v) is 1.97. The van der Waals surface area contributed by atoms with Crippen LogP contribution in [0.15, 0.2) is 24.3 Å². The van der Waals surface area contributed by atoms with Crippen molar-refractivity contribution in [2.45, 2.75) is 13.5 Å². The number of hydrogen-bond donors (Lipinski definition) is 1. The number of anilines is 1. The normalized spacial score (nSPS) is 16.9. The van der Waals surface area contributed by atoms with Crippen molar-refractivity contribution in [1.29, 1.82) is 0 Å². The smallest absolute Gasteiger partial charge is 0.0718 e. The third-order valence-electron chi connectivity index (χ3n) is 3.25. The van der Waals surface area contributed by atoms with Crippen LogP contribution < -0.4 is 5.32 Å². The van der Waals surface area contributed by atoms with Gasteiger partial charge in [-0.05, 0) is 17.7 Å². The van der Waals surface area contributed by atoms with Gasteiger partial charge >= 0.3 is 0 Å². The topological polar surface area (TPSA) is 39.7 Å². The Morgan fingerprint density at radius 3 is 2.84 bits per heavy atom. The van der Waals surface area contributed by atoms with Gasteiger partial charge in [0, 0.05) is 24.8 Å². The Balaban J connectivity index is 1.77. The molecule has 0 saturated carbocycles. The molecule has 1 aliphatic rings. The fraction of sp³-hybridized carbons (Fsp3) is 0.600. The standard InChI is InChI=1S/C15H23NO3/c1-15(11-19-12-15)10-16-14-5-3-4-13(8-14)9-18-7-6-17-2/h3-5,8,16H,6-7,9-12H2,1-2H3. The van der Waals surface area contributed by atoms with E-state index in [9.17, 15) is 0 Å². The summed E-state index contributed by atoms with van der Waals surface area (Å²) in [4.78, 5) is 0. The average molecular weight is 265 g/mol. The molecule has 0 spiro atoms. The third kappa shape index (κ3) is 4.49. The van der Waals surface area contributed by atoms with Crippen LogP contribution in [0.4, 0.5) is 5.69 Å². The highest BCUT2D eigenvalue weighted by Gasteiger charge is 2.32. The molecule has 0 aliphatic carbocycles. The van der Waals surface area contributed by atoms with Crippen LogP contribution in [0.2, 0.25) is 0 Å². The third-order valence-corrected chi connectivity index (χ3v) is 3.25. The van der Waals surface area contributed by atoms with Gasteiger partial charge in [-0.25, -0.2) is 0 Å². The molecule has 1 heterocycles. The van der Waals surface area contributed by atoms with Crippen LogP contribution in [0.1, 0.15) is 12.5 Å². The van der Waals surface area contributed by atoms with Gasteiger partial charge < -0.3 is 19.5 Å². The molecule has 1 fully saturated rings. The van der Waals surface area contributed by atoms with Gasteiger partial charge in [0.2, 0.25) is 0 Å². The first-order chi connectivity index (χ1) is 9.22. The molecule has 4 heteroatoms. The molecule has 1 saturated heterocycles. The summed E-state index contributed by atoms with van der Waals surface area (Å²) in [5.41, 5.74) is 2.60. The monoisotopic (exact) mass is 265 g/mol. The Morgan fingerprint density at radius 2 is 2.16 bits per heavy atom. The van der Waals surface area contributed by atoms with Crippen LogP contribution in [0.3, 0.4) is 0 Å². The van der Waals surface area contributed by atoms with Gasteiger partial charge in [-0.15, -0.1) is 0 Å². The second-order valence-corrected chi connectivity index (χ2v) is 5.40. The molecule has 2 rings (SSSR count). The van der Waals surface area contributed by atoms with E-state index < -0.39 is 0 Å². The SMILES string of the molecule is COCCOCc1cccc(NCC2(C)COC2)c1. The van der Waals surface area contributed by atoms with Gasteiger partial charge in [-0.1, -0.05) is 19.1 Å². The van der Waals surface area contributed by atoms with Gasteiger partial charge in [-0.3, -0.25) is 0 Å². The van der Waals surface area contributed by atoms with E-state index in [0.29, 0.717) is 19.8 Å². The van der Waals surface area contributed by atoms with Crippen LogP contribution in [-0.2, 0) is 20.8 Å². The summed E-state index contributed by atoms with van der Waals surface area (Å²) in [6.07, 6.45) is 0. The fourth-order valence-electron chi connectivity index (χ4n) is 1.97. The Hall–Kier alpha value is -1.10. The number of methoxy groups -OCH3 is 1. The van der Waals surface area contributed by atoms with Crippen molar-refractivity contribution in [3.63, 3.8) is 0 Å². The summed E-state index contributed by atoms with van der Waals surface area (Å²) in [7, 11) is 1.68. The highest BCUT2D eigenvalue weighted by molar-refractivity contribution is 5.45. The molecule has 1 aliphatic heterocycles.